The second-order valence-electron chi connectivity index (χ2n) is 3.37. The van der Waals surface area contributed by atoms with Crippen molar-refractivity contribution in [2.75, 3.05) is 18.0 Å². The van der Waals surface area contributed by atoms with Gasteiger partial charge in [0.25, 0.3) is 0 Å². The first-order valence-electron chi connectivity index (χ1n) is 4.69. The van der Waals surface area contributed by atoms with E-state index in [2.05, 4.69) is 16.0 Å². The van der Waals surface area contributed by atoms with E-state index in [1.165, 1.54) is 12.8 Å². The molecule has 1 fully saturated rings. The van der Waals surface area contributed by atoms with Crippen LogP contribution in [0.4, 0.5) is 5.69 Å². The molecule has 0 spiro atoms. The number of rotatable bonds is 1. The first kappa shape index (κ1) is 9.22. The summed E-state index contributed by atoms with van der Waals surface area (Å²) < 4.78 is 0.539. The van der Waals surface area contributed by atoms with Gasteiger partial charge in [-0.25, -0.2) is 0 Å². The summed E-state index contributed by atoms with van der Waals surface area (Å²) in [4.78, 5) is 5.10. The molecule has 0 amide bonds. The SMILES string of the molecule is N#Cc1c(N2CCCC2)cc[nH]c1=S. The third-order valence-electron chi connectivity index (χ3n) is 2.50. The van der Waals surface area contributed by atoms with Gasteiger partial charge in [0, 0.05) is 19.3 Å². The summed E-state index contributed by atoms with van der Waals surface area (Å²) >= 11 is 5.07. The van der Waals surface area contributed by atoms with Crippen LogP contribution in [0.15, 0.2) is 12.3 Å². The Balaban J connectivity index is 2.47. The predicted octanol–water partition coefficient (Wildman–Crippen LogP) is 2.22. The third-order valence-corrected chi connectivity index (χ3v) is 2.82. The van der Waals surface area contributed by atoms with Crippen LogP contribution in [0.1, 0.15) is 18.4 Å². The van der Waals surface area contributed by atoms with Crippen molar-refractivity contribution in [3.8, 4) is 6.07 Å². The lowest BCUT2D eigenvalue weighted by Gasteiger charge is -2.18. The van der Waals surface area contributed by atoms with E-state index in [9.17, 15) is 0 Å². The average Bonchev–Trinajstić information content (AvgIpc) is 2.70. The monoisotopic (exact) mass is 205 g/mol. The van der Waals surface area contributed by atoms with Crippen molar-refractivity contribution in [2.24, 2.45) is 0 Å². The Morgan fingerprint density at radius 3 is 2.79 bits per heavy atom. The molecule has 4 heteroatoms. The number of hydrogen-bond donors (Lipinski definition) is 1. The second-order valence-corrected chi connectivity index (χ2v) is 3.78. The van der Waals surface area contributed by atoms with E-state index in [1.54, 1.807) is 6.20 Å². The molecule has 1 aromatic heterocycles. The van der Waals surface area contributed by atoms with Gasteiger partial charge in [0.15, 0.2) is 0 Å². The van der Waals surface area contributed by atoms with E-state index in [4.69, 9.17) is 17.5 Å². The molecule has 0 aromatic carbocycles. The van der Waals surface area contributed by atoms with Gasteiger partial charge in [-0.15, -0.1) is 0 Å². The molecule has 2 rings (SSSR count). The molecule has 2 heterocycles. The van der Waals surface area contributed by atoms with Gasteiger partial charge < -0.3 is 9.88 Å². The van der Waals surface area contributed by atoms with Gasteiger partial charge in [0.05, 0.1) is 5.69 Å². The highest BCUT2D eigenvalue weighted by Crippen LogP contribution is 2.23. The van der Waals surface area contributed by atoms with Gasteiger partial charge in [-0.2, -0.15) is 5.26 Å². The van der Waals surface area contributed by atoms with Crippen LogP contribution in [-0.2, 0) is 0 Å². The topological polar surface area (TPSA) is 42.8 Å². The summed E-state index contributed by atoms with van der Waals surface area (Å²) in [6.07, 6.45) is 4.21. The fourth-order valence-electron chi connectivity index (χ4n) is 1.80. The van der Waals surface area contributed by atoms with Crippen LogP contribution >= 0.6 is 12.2 Å². The molecule has 1 N–H and O–H groups in total. The van der Waals surface area contributed by atoms with E-state index in [1.807, 2.05) is 6.07 Å². The highest BCUT2D eigenvalue weighted by molar-refractivity contribution is 7.71. The molecule has 0 saturated carbocycles. The molecule has 72 valence electrons. The molecule has 1 aromatic rings. The second kappa shape index (κ2) is 3.81. The highest BCUT2D eigenvalue weighted by Gasteiger charge is 2.15. The van der Waals surface area contributed by atoms with Gasteiger partial charge in [0.1, 0.15) is 16.3 Å². The lowest BCUT2D eigenvalue weighted by atomic mass is 10.2. The van der Waals surface area contributed by atoms with Crippen LogP contribution in [0.2, 0.25) is 0 Å². The van der Waals surface area contributed by atoms with Crippen LogP contribution in [0.25, 0.3) is 0 Å². The van der Waals surface area contributed by atoms with E-state index in [0.717, 1.165) is 18.8 Å². The smallest absolute Gasteiger partial charge is 0.123 e. The number of nitriles is 1. The number of hydrogen-bond acceptors (Lipinski definition) is 3. The molecule has 14 heavy (non-hydrogen) atoms. The zero-order chi connectivity index (χ0) is 9.97. The van der Waals surface area contributed by atoms with Crippen LogP contribution in [0, 0.1) is 16.0 Å². The first-order valence-corrected chi connectivity index (χ1v) is 5.10. The number of nitrogens with zero attached hydrogens (tertiary/aromatic N) is 2. The largest absolute Gasteiger partial charge is 0.370 e. The molecule has 0 bridgehead atoms. The molecular formula is C10H11N3S. The Kier molecular flexibility index (Phi) is 2.51. The number of anilines is 1. The number of pyridine rings is 1. The van der Waals surface area contributed by atoms with Crippen molar-refractivity contribution in [2.45, 2.75) is 12.8 Å². The molecule has 1 saturated heterocycles. The minimum Gasteiger partial charge on any atom is -0.370 e. The van der Waals surface area contributed by atoms with Gasteiger partial charge >= 0.3 is 0 Å². The number of aromatic amines is 1. The Morgan fingerprint density at radius 1 is 1.43 bits per heavy atom. The highest BCUT2D eigenvalue weighted by atomic mass is 32.1. The number of H-pyrrole nitrogens is 1. The van der Waals surface area contributed by atoms with E-state index >= 15 is 0 Å². The lowest BCUT2D eigenvalue weighted by molar-refractivity contribution is 0.949. The Bertz CT molecular complexity index is 424. The fourth-order valence-corrected chi connectivity index (χ4v) is 2.02. The quantitative estimate of drug-likeness (QED) is 0.715. The first-order chi connectivity index (χ1) is 6.83. The van der Waals surface area contributed by atoms with Gasteiger partial charge in [-0.05, 0) is 18.9 Å². The third kappa shape index (κ3) is 1.51. The van der Waals surface area contributed by atoms with Crippen LogP contribution in [0.5, 0.6) is 0 Å². The summed E-state index contributed by atoms with van der Waals surface area (Å²) in [5.41, 5.74) is 1.58. The molecular weight excluding hydrogens is 194 g/mol. The zero-order valence-electron chi connectivity index (χ0n) is 7.79. The maximum absolute atomic E-state index is 9.00. The van der Waals surface area contributed by atoms with Crippen molar-refractivity contribution in [1.29, 1.82) is 5.26 Å². The van der Waals surface area contributed by atoms with Crippen LogP contribution in [-0.4, -0.2) is 18.1 Å². The van der Waals surface area contributed by atoms with Crippen molar-refractivity contribution in [3.63, 3.8) is 0 Å². The number of aromatic nitrogens is 1. The van der Waals surface area contributed by atoms with Crippen molar-refractivity contribution >= 4 is 17.9 Å². The van der Waals surface area contributed by atoms with Crippen molar-refractivity contribution < 1.29 is 0 Å². The minimum atomic E-state index is 0.539. The van der Waals surface area contributed by atoms with E-state index in [-0.39, 0.29) is 0 Å². The van der Waals surface area contributed by atoms with Crippen LogP contribution in [0.3, 0.4) is 0 Å². The molecule has 0 unspecified atom stereocenters. The van der Waals surface area contributed by atoms with Gasteiger partial charge in [0.2, 0.25) is 0 Å². The standard InChI is InChI=1S/C10H11N3S/c11-7-8-9(3-4-12-10(8)14)13-5-1-2-6-13/h3-4H,1-2,5-6H2,(H,12,14). The Labute approximate surface area is 88.0 Å². The van der Waals surface area contributed by atoms with E-state index in [0.29, 0.717) is 10.2 Å². The Hall–Kier alpha value is -1.34. The Morgan fingerprint density at radius 2 is 2.14 bits per heavy atom. The molecule has 3 nitrogen and oxygen atoms in total. The molecule has 0 atom stereocenters. The predicted molar refractivity (Wildman–Crippen MR) is 57.8 cm³/mol. The van der Waals surface area contributed by atoms with Crippen molar-refractivity contribution in [3.05, 3.63) is 22.5 Å². The summed E-state index contributed by atoms with van der Waals surface area (Å²) in [6.45, 7) is 2.07. The maximum Gasteiger partial charge on any atom is 0.123 e. The molecule has 0 aliphatic carbocycles. The average molecular weight is 205 g/mol. The fraction of sp³-hybridized carbons (Fsp3) is 0.400. The van der Waals surface area contributed by atoms with Gasteiger partial charge in [-0.1, -0.05) is 12.2 Å². The molecule has 1 aliphatic heterocycles. The summed E-state index contributed by atoms with van der Waals surface area (Å²) in [6, 6.07) is 4.09. The normalized spacial score (nSPS) is 15.5. The summed E-state index contributed by atoms with van der Waals surface area (Å²) in [5.74, 6) is 0. The molecule has 0 radical (unpaired) electrons. The summed E-state index contributed by atoms with van der Waals surface area (Å²) in [5, 5.41) is 9.00. The maximum atomic E-state index is 9.00. The van der Waals surface area contributed by atoms with Gasteiger partial charge in [-0.3, -0.25) is 0 Å². The van der Waals surface area contributed by atoms with Crippen LogP contribution < -0.4 is 4.90 Å². The zero-order valence-corrected chi connectivity index (χ0v) is 8.60. The van der Waals surface area contributed by atoms with Crippen molar-refractivity contribution in [1.82, 2.24) is 4.98 Å². The van der Waals surface area contributed by atoms with E-state index < -0.39 is 0 Å². The molecule has 1 aliphatic rings. The summed E-state index contributed by atoms with van der Waals surface area (Å²) in [7, 11) is 0. The minimum absolute atomic E-state index is 0.539. The number of nitrogens with one attached hydrogen (secondary N) is 1. The lowest BCUT2D eigenvalue weighted by Crippen LogP contribution is -2.19.